The van der Waals surface area contributed by atoms with Crippen LogP contribution in [0.4, 0.5) is 15.3 Å². The fourth-order valence-electron chi connectivity index (χ4n) is 8.48. The monoisotopic (exact) mass is 1440 g/mol. The molecule has 6 rings (SSSR count). The Morgan fingerprint density at radius 3 is 2.32 bits per heavy atom. The molecule has 3 heterocycles. The van der Waals surface area contributed by atoms with Gasteiger partial charge in [0.05, 0.1) is 75.8 Å². The number of benzene rings is 3. The van der Waals surface area contributed by atoms with Crippen LogP contribution in [-0.4, -0.2) is 159 Å². The summed E-state index contributed by atoms with van der Waals surface area (Å²) in [6.07, 6.45) is -2.15. The number of carbonyl (C=O) groups is 3. The van der Waals surface area contributed by atoms with Gasteiger partial charge < -0.3 is 89.3 Å². The minimum absolute atomic E-state index is 0.0229. The van der Waals surface area contributed by atoms with Crippen LogP contribution < -0.4 is 38.3 Å². The van der Waals surface area contributed by atoms with Gasteiger partial charge in [0.2, 0.25) is 0 Å². The van der Waals surface area contributed by atoms with Crippen molar-refractivity contribution in [3.63, 3.8) is 0 Å². The van der Waals surface area contributed by atoms with Crippen LogP contribution in [0.5, 0.6) is 0 Å². The molecule has 510 valence electrons. The number of aromatic nitrogens is 2. The average molecular weight is 1440 g/mol. The second-order valence-electron chi connectivity index (χ2n) is 20.4. The third kappa shape index (κ3) is 25.7. The molecule has 4 unspecified atom stereocenters. The number of hydrogen-bond donors (Lipinski definition) is 11. The van der Waals surface area contributed by atoms with Crippen molar-refractivity contribution in [3.8, 4) is 34.3 Å². The summed E-state index contributed by atoms with van der Waals surface area (Å²) in [7, 11) is -14.6. The van der Waals surface area contributed by atoms with Crippen LogP contribution in [0.25, 0.3) is 39.1 Å². The number of nitrogens with zero attached hydrogens (tertiary/aromatic N) is 1. The lowest BCUT2D eigenvalue weighted by molar-refractivity contribution is -0.0545. The highest BCUT2D eigenvalue weighted by molar-refractivity contribution is 8.77. The summed E-state index contributed by atoms with van der Waals surface area (Å²) in [5.41, 5.74) is 7.97. The Balaban J connectivity index is 0.780. The van der Waals surface area contributed by atoms with E-state index in [9.17, 15) is 52.6 Å². The number of carbonyl (C=O) groups excluding carboxylic acids is 2. The van der Waals surface area contributed by atoms with Gasteiger partial charge in [0, 0.05) is 77.1 Å². The number of phosphoric ester groups is 1. The Morgan fingerprint density at radius 1 is 0.892 bits per heavy atom. The molecule has 0 spiro atoms. The summed E-state index contributed by atoms with van der Waals surface area (Å²) >= 11 is 5.31. The standard InChI is InChI=1S/C55H72N7O24P3S4/c1-5-93(90)34-81-46-30-48(84-47(46)32-82-88(72,73)86-89(74,75)85-87(69,70)71)62-31-37(50(63)61-52(62)66)9-8-17-59-53(67)79-21-7-6-20-78-33-91-92-55(3,4)16-22-80-54(68)60-19-24-77-26-25-76-23-18-58-35(2)36-10-13-40(51(64)65)43(27-36)49-41-14-11-38(56)28-44(41)83-45-29-39(57)12-15-42(45)49/h10-15,27-29,31,46-48,56,58H,2,5-7,16-26,30,32-34,57H2,1,3-4H3,(H,59,67)(H,60,68)(H,64,65)(H,72,73)(H,74,75)(H,61,63,66)(H2,69,70,71)/t46?,47-,48-,93?/m1/s1. The highest BCUT2D eigenvalue weighted by atomic mass is 33.1. The molecule has 6 atom stereocenters. The molecule has 1 aromatic heterocycles. The van der Waals surface area contributed by atoms with E-state index < -0.39 is 87.4 Å². The molecule has 3 aliphatic rings. The molecule has 31 nitrogen and oxygen atoms in total. The molecule has 3 aromatic rings. The van der Waals surface area contributed by atoms with Crippen molar-refractivity contribution in [1.29, 1.82) is 5.41 Å². The summed E-state index contributed by atoms with van der Waals surface area (Å²) < 4.78 is 93.4. The molecule has 0 saturated carbocycles. The second-order valence-corrected chi connectivity index (χ2v) is 30.9. The van der Waals surface area contributed by atoms with Crippen molar-refractivity contribution in [1.82, 2.24) is 25.5 Å². The molecule has 38 heteroatoms. The number of amides is 2. The van der Waals surface area contributed by atoms with Crippen molar-refractivity contribution in [2.45, 2.75) is 69.6 Å². The summed E-state index contributed by atoms with van der Waals surface area (Å²) in [4.78, 5) is 102. The summed E-state index contributed by atoms with van der Waals surface area (Å²) in [5, 5.41) is 27.5. The SMILES string of the molecule is C=C(NCCOCCOCCNC(=O)OCCC(C)(C)SSCOCCCCOC(=O)NCC#Cc1cn([C@H]2CC(OCS(=S)CC)[C@@H](COP(=O)(O)OP(=O)(O)OP(=O)(O)O)O2)c(=O)[nH]c1=O)c1ccc(C(=O)O)c(-c2c3ccc(=N)cc-3oc3cc(N)ccc23)c1. The van der Waals surface area contributed by atoms with Crippen molar-refractivity contribution >= 4 is 106 Å². The van der Waals surface area contributed by atoms with Gasteiger partial charge in [-0.25, -0.2) is 32.9 Å². The van der Waals surface area contributed by atoms with E-state index in [0.717, 1.165) is 10.8 Å². The third-order valence-corrected chi connectivity index (χ3v) is 21.8. The quantitative estimate of drug-likeness (QED) is 0.00393. The molecule has 1 aliphatic carbocycles. The number of phosphoric acid groups is 3. The van der Waals surface area contributed by atoms with Gasteiger partial charge in [-0.2, -0.15) is 8.62 Å². The number of aromatic amines is 1. The summed E-state index contributed by atoms with van der Waals surface area (Å²) in [6.45, 7) is 11.3. The Morgan fingerprint density at radius 2 is 1.60 bits per heavy atom. The Labute approximate surface area is 547 Å². The third-order valence-electron chi connectivity index (χ3n) is 12.9. The predicted octanol–water partition coefficient (Wildman–Crippen LogP) is 6.29. The minimum Gasteiger partial charge on any atom is -0.478 e. The summed E-state index contributed by atoms with van der Waals surface area (Å²) in [6, 6.07) is 15.1. The van der Waals surface area contributed by atoms with Gasteiger partial charge >= 0.3 is 47.3 Å². The van der Waals surface area contributed by atoms with E-state index in [1.165, 1.54) is 16.9 Å². The van der Waals surface area contributed by atoms with Crippen molar-refractivity contribution in [2.24, 2.45) is 0 Å². The van der Waals surface area contributed by atoms with Crippen LogP contribution in [0.2, 0.25) is 0 Å². The number of nitrogens with one attached hydrogen (secondary N) is 5. The van der Waals surface area contributed by atoms with E-state index in [1.807, 2.05) is 20.8 Å². The number of carboxylic acids is 1. The molecule has 0 radical (unpaired) electrons. The highest BCUT2D eigenvalue weighted by Gasteiger charge is 2.44. The number of aromatic carboxylic acids is 1. The number of nitrogens with two attached hydrogens (primary N) is 1. The van der Waals surface area contributed by atoms with E-state index >= 15 is 0 Å². The molecule has 2 aromatic carbocycles. The first-order valence-electron chi connectivity index (χ1n) is 28.2. The van der Waals surface area contributed by atoms with E-state index in [1.54, 1.807) is 59.3 Å². The maximum atomic E-state index is 12.9. The first kappa shape index (κ1) is 76.2. The van der Waals surface area contributed by atoms with E-state index in [0.29, 0.717) is 108 Å². The largest absolute Gasteiger partial charge is 0.490 e. The number of fused-ring (bicyclic) bond motifs is 2. The van der Waals surface area contributed by atoms with Gasteiger partial charge in [-0.3, -0.25) is 18.9 Å². The van der Waals surface area contributed by atoms with Gasteiger partial charge in [-0.15, -0.1) is 0 Å². The molecule has 0 bridgehead atoms. The van der Waals surface area contributed by atoms with Crippen molar-refractivity contribution < 1.29 is 103 Å². The van der Waals surface area contributed by atoms with Gasteiger partial charge in [0.25, 0.3) is 5.56 Å². The lowest BCUT2D eigenvalue weighted by atomic mass is 9.89. The molecule has 12 N–H and O–H groups in total. The molecule has 2 amide bonds. The number of hydrogen-bond acceptors (Lipinski definition) is 25. The van der Waals surface area contributed by atoms with Crippen LogP contribution in [0.3, 0.4) is 0 Å². The maximum absolute atomic E-state index is 12.9. The first-order valence-corrected chi connectivity index (χ1v) is 37.6. The minimum atomic E-state index is -5.81. The molecular formula is C55H72N7O24P3S4. The van der Waals surface area contributed by atoms with Gasteiger partial charge in [0.15, 0.2) is 0 Å². The van der Waals surface area contributed by atoms with Gasteiger partial charge in [-0.1, -0.05) is 62.5 Å². The maximum Gasteiger partial charge on any atom is 0.490 e. The van der Waals surface area contributed by atoms with Crippen LogP contribution in [-0.2, 0) is 80.6 Å². The predicted molar refractivity (Wildman–Crippen MR) is 348 cm³/mol. The van der Waals surface area contributed by atoms with Crippen molar-refractivity contribution in [2.75, 3.05) is 95.9 Å². The average Bonchev–Trinajstić information content (AvgIpc) is 1.06. The lowest BCUT2D eigenvalue weighted by Gasteiger charge is -2.22. The number of rotatable bonds is 38. The Bertz CT molecular complexity index is 3820. The van der Waals surface area contributed by atoms with Crippen LogP contribution in [0, 0.1) is 17.3 Å². The molecule has 2 aliphatic heterocycles. The zero-order valence-electron chi connectivity index (χ0n) is 50.4. The normalized spacial score (nSPS) is 16.6. The van der Waals surface area contributed by atoms with Crippen LogP contribution >= 0.6 is 45.1 Å². The van der Waals surface area contributed by atoms with Crippen molar-refractivity contribution in [3.05, 3.63) is 110 Å². The lowest BCUT2D eigenvalue weighted by Crippen LogP contribution is -2.34. The first-order chi connectivity index (χ1) is 44.0. The molecule has 1 fully saturated rings. The molecule has 1 saturated heterocycles. The highest BCUT2D eigenvalue weighted by Crippen LogP contribution is 2.66. The van der Waals surface area contributed by atoms with E-state index in [-0.39, 0.29) is 73.1 Å². The van der Waals surface area contributed by atoms with Gasteiger partial charge in [0.1, 0.15) is 35.2 Å². The Kier molecular flexibility index (Phi) is 29.8. The number of H-pyrrole nitrogens is 1. The summed E-state index contributed by atoms with van der Waals surface area (Å²) in [5.74, 6) is 5.41. The van der Waals surface area contributed by atoms with Crippen LogP contribution in [0.1, 0.15) is 74.2 Å². The zero-order chi connectivity index (χ0) is 67.9. The molecule has 93 heavy (non-hydrogen) atoms. The number of anilines is 1. The zero-order valence-corrected chi connectivity index (χ0v) is 56.4. The fraction of sp³-hybridized carbons (Fsp3) is 0.455. The fourth-order valence-corrected chi connectivity index (χ4v) is 14.4. The number of ether oxygens (including phenoxy) is 7. The number of carboxylic acid groups (broad SMARTS) is 1. The smallest absolute Gasteiger partial charge is 0.478 e. The van der Waals surface area contributed by atoms with E-state index in [4.69, 9.17) is 74.2 Å². The number of unbranched alkanes of at least 4 members (excludes halogenated alkanes) is 1. The van der Waals surface area contributed by atoms with Gasteiger partial charge in [-0.05, 0) is 97.6 Å². The topological polar surface area (TPSA) is 450 Å². The Hall–Kier alpha value is -5.80. The van der Waals surface area contributed by atoms with Crippen LogP contribution in [0.15, 0.2) is 81.4 Å². The molecular weight excluding hydrogens is 1360 g/mol. The number of nitrogen functional groups attached to an aromatic ring is 1. The van der Waals surface area contributed by atoms with E-state index in [2.05, 4.69) is 48.0 Å². The number of alkyl carbamates (subject to hydrolysis) is 2. The second kappa shape index (κ2) is 36.4.